The van der Waals surface area contributed by atoms with E-state index in [1.54, 1.807) is 12.1 Å². The summed E-state index contributed by atoms with van der Waals surface area (Å²) in [6, 6.07) is 15.6. The van der Waals surface area contributed by atoms with Gasteiger partial charge >= 0.3 is 5.97 Å². The van der Waals surface area contributed by atoms with Crippen molar-refractivity contribution in [3.05, 3.63) is 82.9 Å². The molecule has 0 bridgehead atoms. The molecule has 2 atom stereocenters. The van der Waals surface area contributed by atoms with Crippen molar-refractivity contribution in [1.82, 2.24) is 19.8 Å². The van der Waals surface area contributed by atoms with Crippen molar-refractivity contribution < 1.29 is 9.53 Å². The van der Waals surface area contributed by atoms with Crippen LogP contribution in [-0.2, 0) is 4.74 Å². The molecule has 3 heterocycles. The zero-order valence-electron chi connectivity index (χ0n) is 17.4. The van der Waals surface area contributed by atoms with Crippen LogP contribution in [0.15, 0.2) is 54.7 Å². The van der Waals surface area contributed by atoms with Crippen LogP contribution in [0.4, 0.5) is 0 Å². The van der Waals surface area contributed by atoms with Gasteiger partial charge < -0.3 is 19.5 Å². The summed E-state index contributed by atoms with van der Waals surface area (Å²) in [5.41, 5.74) is 5.91. The zero-order chi connectivity index (χ0) is 21.4. The number of nitrogens with one attached hydrogen (secondary N) is 1. The number of rotatable bonds is 4. The first kappa shape index (κ1) is 20.1. The molecule has 1 saturated heterocycles. The van der Waals surface area contributed by atoms with Crippen molar-refractivity contribution in [3.8, 4) is 5.69 Å². The second kappa shape index (κ2) is 7.91. The molecule has 4 rings (SSSR count). The maximum atomic E-state index is 11.8. The van der Waals surface area contributed by atoms with E-state index in [0.29, 0.717) is 10.7 Å². The Kier molecular flexibility index (Phi) is 5.30. The number of hydrogen-bond donors (Lipinski definition) is 1. The van der Waals surface area contributed by atoms with Gasteiger partial charge in [-0.1, -0.05) is 6.07 Å². The fourth-order valence-electron chi connectivity index (χ4n) is 4.20. The second-order valence-electron chi connectivity index (χ2n) is 7.44. The van der Waals surface area contributed by atoms with Crippen LogP contribution in [0.25, 0.3) is 5.69 Å². The first-order chi connectivity index (χ1) is 14.4. The van der Waals surface area contributed by atoms with Crippen molar-refractivity contribution in [3.63, 3.8) is 0 Å². The first-order valence-corrected chi connectivity index (χ1v) is 10.1. The number of aryl methyl sites for hydroxylation is 1. The van der Waals surface area contributed by atoms with Crippen molar-refractivity contribution in [1.29, 1.82) is 0 Å². The molecule has 30 heavy (non-hydrogen) atoms. The highest BCUT2D eigenvalue weighted by atomic mass is 32.1. The van der Waals surface area contributed by atoms with E-state index in [4.69, 9.17) is 17.0 Å². The number of hydrogen-bond acceptors (Lipinski definition) is 4. The molecule has 1 N–H and O–H groups in total. The summed E-state index contributed by atoms with van der Waals surface area (Å²) in [4.78, 5) is 18.4. The lowest BCUT2D eigenvalue weighted by atomic mass is 9.97. The number of likely N-dealkylation sites (N-methyl/N-ethyl adjacent to an activating group) is 1. The molecule has 154 valence electrons. The van der Waals surface area contributed by atoms with Crippen LogP contribution >= 0.6 is 12.2 Å². The van der Waals surface area contributed by atoms with E-state index in [1.807, 2.05) is 43.6 Å². The van der Waals surface area contributed by atoms with Gasteiger partial charge in [0.05, 0.1) is 30.5 Å². The Balaban J connectivity index is 1.75. The maximum Gasteiger partial charge on any atom is 0.337 e. The highest BCUT2D eigenvalue weighted by Gasteiger charge is 2.39. The number of pyridine rings is 1. The number of carbonyl (C=O) groups excluding carboxylic acids is 1. The van der Waals surface area contributed by atoms with Gasteiger partial charge in [-0.05, 0) is 74.1 Å². The third kappa shape index (κ3) is 3.35. The topological polar surface area (TPSA) is 59.4 Å². The van der Waals surface area contributed by atoms with E-state index in [2.05, 4.69) is 39.7 Å². The smallest absolute Gasteiger partial charge is 0.337 e. The molecule has 0 radical (unpaired) electrons. The summed E-state index contributed by atoms with van der Waals surface area (Å²) in [5.74, 6) is -0.339. The number of thiocarbonyl (C=S) groups is 1. The minimum atomic E-state index is -0.339. The van der Waals surface area contributed by atoms with Gasteiger partial charge in [-0.3, -0.25) is 4.98 Å². The van der Waals surface area contributed by atoms with Crippen molar-refractivity contribution in [2.75, 3.05) is 14.2 Å². The Morgan fingerprint density at radius 1 is 1.17 bits per heavy atom. The molecular formula is C23H24N4O2S. The van der Waals surface area contributed by atoms with Crippen molar-refractivity contribution >= 4 is 23.3 Å². The Bertz CT molecular complexity index is 1090. The van der Waals surface area contributed by atoms with Crippen molar-refractivity contribution in [2.24, 2.45) is 0 Å². The summed E-state index contributed by atoms with van der Waals surface area (Å²) in [6.45, 7) is 4.20. The standard InChI is InChI=1S/C23H24N4O2S/c1-14-13-18(15(2)27(14)17-10-8-16(9-11-17)22(28)29-4)21-20(25-23(30)26(21)3)19-7-5-6-12-24-19/h5-13,20-21H,1-4H3,(H,25,30)/t20-,21-/m0/s1. The summed E-state index contributed by atoms with van der Waals surface area (Å²) in [6.07, 6.45) is 1.81. The fraction of sp³-hybridized carbons (Fsp3) is 0.261. The Hall–Kier alpha value is -3.19. The van der Waals surface area contributed by atoms with E-state index >= 15 is 0 Å². The van der Waals surface area contributed by atoms with E-state index in [1.165, 1.54) is 12.7 Å². The molecule has 6 nitrogen and oxygen atoms in total. The normalized spacial score (nSPS) is 18.4. The van der Waals surface area contributed by atoms with Crippen LogP contribution in [0.5, 0.6) is 0 Å². The predicted molar refractivity (Wildman–Crippen MR) is 120 cm³/mol. The van der Waals surface area contributed by atoms with Gasteiger partial charge in [0.25, 0.3) is 0 Å². The number of aromatic nitrogens is 2. The quantitative estimate of drug-likeness (QED) is 0.511. The van der Waals surface area contributed by atoms with Gasteiger partial charge in [0.15, 0.2) is 5.11 Å². The molecule has 3 aromatic rings. The number of ether oxygens (including phenoxy) is 1. The van der Waals surface area contributed by atoms with Crippen LogP contribution in [0.3, 0.4) is 0 Å². The van der Waals surface area contributed by atoms with Crippen LogP contribution < -0.4 is 5.32 Å². The van der Waals surface area contributed by atoms with Crippen LogP contribution in [0.1, 0.15) is 45.1 Å². The van der Waals surface area contributed by atoms with Gasteiger partial charge in [-0.25, -0.2) is 4.79 Å². The number of benzene rings is 1. The lowest BCUT2D eigenvalue weighted by molar-refractivity contribution is 0.0600. The molecular weight excluding hydrogens is 396 g/mol. The summed E-state index contributed by atoms with van der Waals surface area (Å²) >= 11 is 5.56. The lowest BCUT2D eigenvalue weighted by Gasteiger charge is -2.24. The minimum absolute atomic E-state index is 0.0284. The highest BCUT2D eigenvalue weighted by Crippen LogP contribution is 2.40. The molecule has 0 amide bonds. The molecule has 1 fully saturated rings. The number of methoxy groups -OCH3 is 1. The summed E-state index contributed by atoms with van der Waals surface area (Å²) in [7, 11) is 3.40. The van der Waals surface area contributed by atoms with Crippen molar-refractivity contribution in [2.45, 2.75) is 25.9 Å². The van der Waals surface area contributed by atoms with Gasteiger partial charge in [0, 0.05) is 30.3 Å². The molecule has 2 aromatic heterocycles. The average Bonchev–Trinajstić information content (AvgIpc) is 3.23. The first-order valence-electron chi connectivity index (χ1n) is 9.74. The fourth-order valence-corrected chi connectivity index (χ4v) is 4.44. The lowest BCUT2D eigenvalue weighted by Crippen LogP contribution is -2.25. The molecule has 1 aliphatic heterocycles. The Labute approximate surface area is 181 Å². The van der Waals surface area contributed by atoms with E-state index in [-0.39, 0.29) is 18.1 Å². The molecule has 0 aliphatic carbocycles. The highest BCUT2D eigenvalue weighted by molar-refractivity contribution is 7.80. The molecule has 0 saturated carbocycles. The van der Waals surface area contributed by atoms with Crippen LogP contribution in [-0.4, -0.2) is 39.7 Å². The van der Waals surface area contributed by atoms with E-state index in [0.717, 1.165) is 22.8 Å². The van der Waals surface area contributed by atoms with Crippen LogP contribution in [0, 0.1) is 13.8 Å². The molecule has 7 heteroatoms. The molecule has 0 unspecified atom stereocenters. The van der Waals surface area contributed by atoms with E-state index in [9.17, 15) is 4.79 Å². The van der Waals surface area contributed by atoms with Gasteiger partial charge in [-0.15, -0.1) is 0 Å². The van der Waals surface area contributed by atoms with Crippen LogP contribution in [0.2, 0.25) is 0 Å². The molecule has 1 aliphatic rings. The third-order valence-corrected chi connectivity index (χ3v) is 6.08. The SMILES string of the molecule is COC(=O)c1ccc(-n2c(C)cc([C@H]3[C@H](c4ccccn4)NC(=S)N3C)c2C)cc1. The monoisotopic (exact) mass is 420 g/mol. The minimum Gasteiger partial charge on any atom is -0.465 e. The number of carbonyl (C=O) groups is 1. The van der Waals surface area contributed by atoms with Gasteiger partial charge in [0.2, 0.25) is 0 Å². The molecule has 1 aromatic carbocycles. The second-order valence-corrected chi connectivity index (χ2v) is 7.82. The van der Waals surface area contributed by atoms with E-state index < -0.39 is 0 Å². The Morgan fingerprint density at radius 2 is 1.90 bits per heavy atom. The maximum absolute atomic E-state index is 11.8. The summed E-state index contributed by atoms with van der Waals surface area (Å²) < 4.78 is 7.00. The average molecular weight is 421 g/mol. The third-order valence-electron chi connectivity index (χ3n) is 5.67. The number of nitrogens with zero attached hydrogens (tertiary/aromatic N) is 3. The van der Waals surface area contributed by atoms with Gasteiger partial charge in [-0.2, -0.15) is 0 Å². The van der Waals surface area contributed by atoms with Gasteiger partial charge in [0.1, 0.15) is 0 Å². The summed E-state index contributed by atoms with van der Waals surface area (Å²) in [5, 5.41) is 4.14. The zero-order valence-corrected chi connectivity index (χ0v) is 18.2. The predicted octanol–water partition coefficient (Wildman–Crippen LogP) is 3.88. The largest absolute Gasteiger partial charge is 0.465 e. The Morgan fingerprint density at radius 3 is 2.53 bits per heavy atom. The molecule has 0 spiro atoms. The number of esters is 1.